The van der Waals surface area contributed by atoms with Gasteiger partial charge in [0.1, 0.15) is 0 Å². The van der Waals surface area contributed by atoms with Crippen LogP contribution in [0.4, 0.5) is 11.4 Å². The van der Waals surface area contributed by atoms with Crippen molar-refractivity contribution in [3.05, 3.63) is 59.7 Å². The molecule has 0 aliphatic heterocycles. The molecule has 1 N–H and O–H groups in total. The molecule has 25 heavy (non-hydrogen) atoms. The number of hydrogen-bond donors (Lipinski definition) is 1. The Morgan fingerprint density at radius 2 is 1.60 bits per heavy atom. The standard InChI is InChI=1S/C21H26N2O2/c1-15(2)23(20-11-5-16(3)6-12-20)14-13-21(25)22-19-9-7-18(8-10-19)17(4)24/h5-12,15H,13-14H2,1-4H3,(H,22,25). The van der Waals surface area contributed by atoms with E-state index in [0.717, 1.165) is 5.69 Å². The van der Waals surface area contributed by atoms with Crippen molar-refractivity contribution in [1.29, 1.82) is 0 Å². The molecule has 0 saturated heterocycles. The summed E-state index contributed by atoms with van der Waals surface area (Å²) in [6.07, 6.45) is 0.403. The molecule has 4 heteroatoms. The third-order valence-corrected chi connectivity index (χ3v) is 4.14. The minimum absolute atomic E-state index is 0.0172. The van der Waals surface area contributed by atoms with Crippen LogP contribution < -0.4 is 10.2 Å². The Kier molecular flexibility index (Phi) is 6.34. The third-order valence-electron chi connectivity index (χ3n) is 4.14. The highest BCUT2D eigenvalue weighted by Gasteiger charge is 2.13. The first-order chi connectivity index (χ1) is 11.9. The van der Waals surface area contributed by atoms with Gasteiger partial charge in [0.15, 0.2) is 5.78 Å². The fourth-order valence-electron chi connectivity index (χ4n) is 2.66. The molecule has 0 unspecified atom stereocenters. The van der Waals surface area contributed by atoms with Crippen LogP contribution >= 0.6 is 0 Å². The predicted octanol–water partition coefficient (Wildman–Crippen LogP) is 4.44. The van der Waals surface area contributed by atoms with Gasteiger partial charge in [-0.2, -0.15) is 0 Å². The van der Waals surface area contributed by atoms with Crippen LogP contribution in [-0.4, -0.2) is 24.3 Å². The van der Waals surface area contributed by atoms with Crippen LogP contribution in [0.2, 0.25) is 0 Å². The van der Waals surface area contributed by atoms with Crippen molar-refractivity contribution in [2.75, 3.05) is 16.8 Å². The molecular weight excluding hydrogens is 312 g/mol. The third kappa shape index (κ3) is 5.45. The van der Waals surface area contributed by atoms with Crippen LogP contribution in [0.25, 0.3) is 0 Å². The monoisotopic (exact) mass is 338 g/mol. The largest absolute Gasteiger partial charge is 0.369 e. The van der Waals surface area contributed by atoms with Gasteiger partial charge >= 0.3 is 0 Å². The first-order valence-corrected chi connectivity index (χ1v) is 8.61. The van der Waals surface area contributed by atoms with Gasteiger partial charge in [-0.1, -0.05) is 17.7 Å². The molecule has 0 spiro atoms. The highest BCUT2D eigenvalue weighted by Crippen LogP contribution is 2.18. The lowest BCUT2D eigenvalue weighted by Crippen LogP contribution is -2.33. The number of rotatable bonds is 7. The Morgan fingerprint density at radius 3 is 2.12 bits per heavy atom. The molecule has 0 bridgehead atoms. The molecule has 0 aromatic heterocycles. The number of benzene rings is 2. The first kappa shape index (κ1) is 18.7. The lowest BCUT2D eigenvalue weighted by molar-refractivity contribution is -0.116. The number of nitrogens with zero attached hydrogens (tertiary/aromatic N) is 1. The van der Waals surface area contributed by atoms with Gasteiger partial charge in [0, 0.05) is 35.9 Å². The number of ketones is 1. The fourth-order valence-corrected chi connectivity index (χ4v) is 2.66. The molecule has 1 amide bonds. The SMILES string of the molecule is CC(=O)c1ccc(NC(=O)CCN(c2ccc(C)cc2)C(C)C)cc1. The molecule has 0 fully saturated rings. The van der Waals surface area contributed by atoms with E-state index >= 15 is 0 Å². The summed E-state index contributed by atoms with van der Waals surface area (Å²) in [5.74, 6) is -0.0168. The average Bonchev–Trinajstić information content (AvgIpc) is 2.57. The van der Waals surface area contributed by atoms with Gasteiger partial charge in [0.25, 0.3) is 0 Å². The van der Waals surface area contributed by atoms with Gasteiger partial charge in [0.2, 0.25) is 5.91 Å². The summed E-state index contributed by atoms with van der Waals surface area (Å²) in [5.41, 5.74) is 3.70. The van der Waals surface area contributed by atoms with E-state index in [1.54, 1.807) is 24.3 Å². The lowest BCUT2D eigenvalue weighted by atomic mass is 10.1. The van der Waals surface area contributed by atoms with Gasteiger partial charge in [0.05, 0.1) is 0 Å². The van der Waals surface area contributed by atoms with E-state index in [-0.39, 0.29) is 11.7 Å². The number of carbonyl (C=O) groups is 2. The van der Waals surface area contributed by atoms with Crippen molar-refractivity contribution in [3.63, 3.8) is 0 Å². The zero-order valence-electron chi connectivity index (χ0n) is 15.4. The van der Waals surface area contributed by atoms with Crippen molar-refractivity contribution in [2.24, 2.45) is 0 Å². The summed E-state index contributed by atoms with van der Waals surface area (Å²) < 4.78 is 0. The lowest BCUT2D eigenvalue weighted by Gasteiger charge is -2.29. The van der Waals surface area contributed by atoms with Crippen molar-refractivity contribution in [1.82, 2.24) is 0 Å². The maximum atomic E-state index is 12.2. The Morgan fingerprint density at radius 1 is 1.00 bits per heavy atom. The Balaban J connectivity index is 1.94. The second kappa shape index (κ2) is 8.47. The Hall–Kier alpha value is -2.62. The van der Waals surface area contributed by atoms with E-state index in [2.05, 4.69) is 55.3 Å². The van der Waals surface area contributed by atoms with Crippen LogP contribution in [0, 0.1) is 6.92 Å². The highest BCUT2D eigenvalue weighted by molar-refractivity contribution is 5.95. The summed E-state index contributed by atoms with van der Waals surface area (Å²) in [5, 5.41) is 2.89. The summed E-state index contributed by atoms with van der Waals surface area (Å²) in [6, 6.07) is 15.6. The van der Waals surface area contributed by atoms with Crippen LogP contribution in [0.15, 0.2) is 48.5 Å². The van der Waals surface area contributed by atoms with Crippen LogP contribution in [0.1, 0.15) is 43.1 Å². The normalized spacial score (nSPS) is 10.6. The molecule has 0 aliphatic rings. The summed E-state index contributed by atoms with van der Waals surface area (Å²) in [4.78, 5) is 25.7. The van der Waals surface area contributed by atoms with Crippen LogP contribution in [0.3, 0.4) is 0 Å². The maximum absolute atomic E-state index is 12.2. The molecule has 2 aromatic carbocycles. The number of aryl methyl sites for hydroxylation is 1. The molecule has 2 aromatic rings. The number of carbonyl (C=O) groups excluding carboxylic acids is 2. The number of hydrogen-bond acceptors (Lipinski definition) is 3. The number of amides is 1. The molecular formula is C21H26N2O2. The topological polar surface area (TPSA) is 49.4 Å². The summed E-state index contributed by atoms with van der Waals surface area (Å²) >= 11 is 0. The summed E-state index contributed by atoms with van der Waals surface area (Å²) in [6.45, 7) is 8.49. The highest BCUT2D eigenvalue weighted by atomic mass is 16.1. The maximum Gasteiger partial charge on any atom is 0.226 e. The smallest absolute Gasteiger partial charge is 0.226 e. The van der Waals surface area contributed by atoms with E-state index in [0.29, 0.717) is 30.3 Å². The van der Waals surface area contributed by atoms with Crippen LogP contribution in [-0.2, 0) is 4.79 Å². The van der Waals surface area contributed by atoms with E-state index in [1.165, 1.54) is 12.5 Å². The number of Topliss-reactive ketones (excluding diaryl/α,β-unsaturated/α-hetero) is 1. The van der Waals surface area contributed by atoms with Crippen molar-refractivity contribution in [2.45, 2.75) is 40.2 Å². The predicted molar refractivity (Wildman–Crippen MR) is 103 cm³/mol. The molecule has 0 atom stereocenters. The quantitative estimate of drug-likeness (QED) is 0.759. The fraction of sp³-hybridized carbons (Fsp3) is 0.333. The second-order valence-electron chi connectivity index (χ2n) is 6.55. The molecule has 0 radical (unpaired) electrons. The zero-order valence-corrected chi connectivity index (χ0v) is 15.4. The van der Waals surface area contributed by atoms with E-state index in [4.69, 9.17) is 0 Å². The number of anilines is 2. The van der Waals surface area contributed by atoms with Crippen molar-refractivity contribution in [3.8, 4) is 0 Å². The molecule has 2 rings (SSSR count). The molecule has 0 heterocycles. The molecule has 0 aliphatic carbocycles. The van der Waals surface area contributed by atoms with E-state index in [1.807, 2.05) is 0 Å². The van der Waals surface area contributed by atoms with Crippen molar-refractivity contribution >= 4 is 23.1 Å². The second-order valence-corrected chi connectivity index (χ2v) is 6.55. The number of nitrogens with one attached hydrogen (secondary N) is 1. The Bertz CT molecular complexity index is 719. The molecule has 0 saturated carbocycles. The molecule has 132 valence electrons. The van der Waals surface area contributed by atoms with Gasteiger partial charge in [-0.3, -0.25) is 9.59 Å². The van der Waals surface area contributed by atoms with E-state index in [9.17, 15) is 9.59 Å². The summed E-state index contributed by atoms with van der Waals surface area (Å²) in [7, 11) is 0. The average molecular weight is 338 g/mol. The minimum atomic E-state index is -0.0339. The molecule has 4 nitrogen and oxygen atoms in total. The van der Waals surface area contributed by atoms with Crippen LogP contribution in [0.5, 0.6) is 0 Å². The zero-order chi connectivity index (χ0) is 18.4. The van der Waals surface area contributed by atoms with Gasteiger partial charge in [-0.25, -0.2) is 0 Å². The minimum Gasteiger partial charge on any atom is -0.369 e. The van der Waals surface area contributed by atoms with Gasteiger partial charge < -0.3 is 10.2 Å². The van der Waals surface area contributed by atoms with Gasteiger partial charge in [-0.15, -0.1) is 0 Å². The van der Waals surface area contributed by atoms with Gasteiger partial charge in [-0.05, 0) is 64.1 Å². The first-order valence-electron chi connectivity index (χ1n) is 8.61. The van der Waals surface area contributed by atoms with E-state index < -0.39 is 0 Å². The van der Waals surface area contributed by atoms with Crippen molar-refractivity contribution < 1.29 is 9.59 Å². The Labute approximate surface area is 149 Å².